The number of aryl methyl sites for hydroxylation is 1. The zero-order chi connectivity index (χ0) is 15.9. The Bertz CT molecular complexity index is 523. The Kier molecular flexibility index (Phi) is 6.39. The number of carbonyl (C=O) groups is 1. The Hall–Kier alpha value is -1.85. The van der Waals surface area contributed by atoms with Crippen molar-refractivity contribution in [1.29, 1.82) is 0 Å². The second-order valence-corrected chi connectivity index (χ2v) is 6.01. The molecule has 6 heteroatoms. The van der Waals surface area contributed by atoms with Gasteiger partial charge in [-0.2, -0.15) is 0 Å². The maximum atomic E-state index is 12.1. The average molecular weight is 295 g/mol. The quantitative estimate of drug-likeness (QED) is 0.730. The number of carboxylic acid groups (broad SMARTS) is 1. The van der Waals surface area contributed by atoms with E-state index in [1.54, 1.807) is 17.0 Å². The fourth-order valence-electron chi connectivity index (χ4n) is 2.08. The van der Waals surface area contributed by atoms with Gasteiger partial charge < -0.3 is 15.0 Å². The number of aromatic nitrogens is 2. The Morgan fingerprint density at radius 2 is 2.14 bits per heavy atom. The van der Waals surface area contributed by atoms with Crippen LogP contribution < -0.4 is 10.9 Å². The second kappa shape index (κ2) is 7.81. The molecule has 0 aliphatic carbocycles. The third kappa shape index (κ3) is 5.97. The van der Waals surface area contributed by atoms with E-state index in [4.69, 9.17) is 5.11 Å². The van der Waals surface area contributed by atoms with Crippen LogP contribution in [0.1, 0.15) is 46.5 Å². The summed E-state index contributed by atoms with van der Waals surface area (Å²) in [5.74, 6) is -0.414. The van der Waals surface area contributed by atoms with E-state index in [2.05, 4.69) is 10.3 Å². The molecule has 0 aliphatic heterocycles. The first kappa shape index (κ1) is 17.2. The van der Waals surface area contributed by atoms with Crippen molar-refractivity contribution in [2.75, 3.05) is 11.9 Å². The standard InChI is InChI=1S/C15H25N3O3/c1-4-10-18-11-9-17-13(14(18)21)16-8-7-15(2,3)6-5-12(19)20/h9,11H,4-8,10H2,1-3H3,(H,16,17)(H,19,20). The van der Waals surface area contributed by atoms with E-state index >= 15 is 0 Å². The molecule has 0 bridgehead atoms. The molecule has 2 N–H and O–H groups in total. The molecule has 1 aromatic rings. The molecule has 0 atom stereocenters. The molecular weight excluding hydrogens is 270 g/mol. The number of carboxylic acids is 1. The van der Waals surface area contributed by atoms with Crippen LogP contribution in [-0.4, -0.2) is 27.2 Å². The van der Waals surface area contributed by atoms with E-state index in [0.29, 0.717) is 25.3 Å². The number of nitrogens with one attached hydrogen (secondary N) is 1. The van der Waals surface area contributed by atoms with Crippen molar-refractivity contribution in [2.24, 2.45) is 5.41 Å². The summed E-state index contributed by atoms with van der Waals surface area (Å²) in [4.78, 5) is 26.8. The molecule has 21 heavy (non-hydrogen) atoms. The third-order valence-electron chi connectivity index (χ3n) is 3.49. The summed E-state index contributed by atoms with van der Waals surface area (Å²) in [5, 5.41) is 11.8. The van der Waals surface area contributed by atoms with Crippen molar-refractivity contribution in [2.45, 2.75) is 53.0 Å². The molecule has 0 fully saturated rings. The van der Waals surface area contributed by atoms with Crippen LogP contribution in [0.4, 0.5) is 5.82 Å². The first-order valence-electron chi connectivity index (χ1n) is 7.37. The normalized spacial score (nSPS) is 11.4. The van der Waals surface area contributed by atoms with Gasteiger partial charge in [0.1, 0.15) is 0 Å². The highest BCUT2D eigenvalue weighted by atomic mass is 16.4. The van der Waals surface area contributed by atoms with Gasteiger partial charge in [0.25, 0.3) is 5.56 Å². The molecule has 0 aromatic carbocycles. The van der Waals surface area contributed by atoms with Gasteiger partial charge in [0, 0.05) is 31.9 Å². The maximum Gasteiger partial charge on any atom is 0.303 e. The average Bonchev–Trinajstić information content (AvgIpc) is 2.41. The predicted molar refractivity (Wildman–Crippen MR) is 82.5 cm³/mol. The zero-order valence-corrected chi connectivity index (χ0v) is 13.1. The van der Waals surface area contributed by atoms with Crippen LogP contribution in [0.2, 0.25) is 0 Å². The number of hydrogen-bond acceptors (Lipinski definition) is 4. The minimum atomic E-state index is -0.775. The SMILES string of the molecule is CCCn1ccnc(NCCC(C)(C)CCC(=O)O)c1=O. The molecule has 1 heterocycles. The summed E-state index contributed by atoms with van der Waals surface area (Å²) in [6.07, 6.45) is 5.77. The van der Waals surface area contributed by atoms with E-state index in [1.807, 2.05) is 20.8 Å². The number of anilines is 1. The highest BCUT2D eigenvalue weighted by molar-refractivity contribution is 5.66. The van der Waals surface area contributed by atoms with E-state index in [0.717, 1.165) is 12.8 Å². The van der Waals surface area contributed by atoms with Crippen LogP contribution in [0, 0.1) is 5.41 Å². The van der Waals surface area contributed by atoms with E-state index in [-0.39, 0.29) is 17.4 Å². The Balaban J connectivity index is 2.54. The van der Waals surface area contributed by atoms with E-state index in [9.17, 15) is 9.59 Å². The Morgan fingerprint density at radius 3 is 2.76 bits per heavy atom. The number of hydrogen-bond donors (Lipinski definition) is 2. The van der Waals surface area contributed by atoms with Crippen LogP contribution in [-0.2, 0) is 11.3 Å². The zero-order valence-electron chi connectivity index (χ0n) is 13.1. The largest absolute Gasteiger partial charge is 0.481 e. The van der Waals surface area contributed by atoms with Gasteiger partial charge in [-0.25, -0.2) is 4.98 Å². The van der Waals surface area contributed by atoms with Crippen molar-refractivity contribution in [3.8, 4) is 0 Å². The minimum absolute atomic E-state index is 0.0807. The maximum absolute atomic E-state index is 12.1. The Labute approximate surface area is 125 Å². The summed E-state index contributed by atoms with van der Waals surface area (Å²) in [7, 11) is 0. The molecule has 0 radical (unpaired) electrons. The predicted octanol–water partition coefficient (Wildman–Crippen LogP) is 2.35. The molecule has 0 saturated carbocycles. The van der Waals surface area contributed by atoms with Gasteiger partial charge in [0.05, 0.1) is 0 Å². The van der Waals surface area contributed by atoms with Crippen molar-refractivity contribution in [3.05, 3.63) is 22.7 Å². The van der Waals surface area contributed by atoms with Crippen LogP contribution >= 0.6 is 0 Å². The lowest BCUT2D eigenvalue weighted by molar-refractivity contribution is -0.137. The van der Waals surface area contributed by atoms with Crippen molar-refractivity contribution < 1.29 is 9.90 Å². The lowest BCUT2D eigenvalue weighted by Gasteiger charge is -2.23. The van der Waals surface area contributed by atoms with Gasteiger partial charge in [-0.3, -0.25) is 9.59 Å². The third-order valence-corrected chi connectivity index (χ3v) is 3.49. The molecule has 0 aliphatic rings. The van der Waals surface area contributed by atoms with Crippen LogP contribution in [0.15, 0.2) is 17.2 Å². The van der Waals surface area contributed by atoms with Gasteiger partial charge in [-0.15, -0.1) is 0 Å². The molecule has 0 unspecified atom stereocenters. The van der Waals surface area contributed by atoms with Crippen LogP contribution in [0.5, 0.6) is 0 Å². The summed E-state index contributed by atoms with van der Waals surface area (Å²) in [6.45, 7) is 7.37. The van der Waals surface area contributed by atoms with Crippen molar-refractivity contribution in [3.63, 3.8) is 0 Å². The monoisotopic (exact) mass is 295 g/mol. The smallest absolute Gasteiger partial charge is 0.303 e. The summed E-state index contributed by atoms with van der Waals surface area (Å²) in [5.41, 5.74) is -0.189. The van der Waals surface area contributed by atoms with Gasteiger partial charge in [-0.05, 0) is 24.7 Å². The van der Waals surface area contributed by atoms with E-state index in [1.165, 1.54) is 0 Å². The molecule has 0 amide bonds. The molecule has 1 aromatic heterocycles. The molecule has 6 nitrogen and oxygen atoms in total. The highest BCUT2D eigenvalue weighted by Gasteiger charge is 2.19. The fraction of sp³-hybridized carbons (Fsp3) is 0.667. The lowest BCUT2D eigenvalue weighted by atomic mass is 9.84. The van der Waals surface area contributed by atoms with Crippen molar-refractivity contribution in [1.82, 2.24) is 9.55 Å². The number of rotatable bonds is 9. The fourth-order valence-corrected chi connectivity index (χ4v) is 2.08. The van der Waals surface area contributed by atoms with Gasteiger partial charge >= 0.3 is 5.97 Å². The van der Waals surface area contributed by atoms with Gasteiger partial charge in [0.2, 0.25) is 0 Å². The summed E-state index contributed by atoms with van der Waals surface area (Å²) < 4.78 is 1.64. The number of nitrogens with zero attached hydrogens (tertiary/aromatic N) is 2. The van der Waals surface area contributed by atoms with Gasteiger partial charge in [-0.1, -0.05) is 20.8 Å². The summed E-state index contributed by atoms with van der Waals surface area (Å²) >= 11 is 0. The summed E-state index contributed by atoms with van der Waals surface area (Å²) in [6, 6.07) is 0. The van der Waals surface area contributed by atoms with Gasteiger partial charge in [0.15, 0.2) is 5.82 Å². The van der Waals surface area contributed by atoms with E-state index < -0.39 is 5.97 Å². The lowest BCUT2D eigenvalue weighted by Crippen LogP contribution is -2.26. The van der Waals surface area contributed by atoms with Crippen LogP contribution in [0.3, 0.4) is 0 Å². The molecular formula is C15H25N3O3. The van der Waals surface area contributed by atoms with Crippen molar-refractivity contribution >= 4 is 11.8 Å². The molecule has 118 valence electrons. The second-order valence-electron chi connectivity index (χ2n) is 6.01. The highest BCUT2D eigenvalue weighted by Crippen LogP contribution is 2.26. The minimum Gasteiger partial charge on any atom is -0.481 e. The molecule has 0 saturated heterocycles. The van der Waals surface area contributed by atoms with Crippen LogP contribution in [0.25, 0.3) is 0 Å². The topological polar surface area (TPSA) is 84.2 Å². The number of aliphatic carboxylic acids is 1. The first-order chi connectivity index (χ1) is 9.85. The first-order valence-corrected chi connectivity index (χ1v) is 7.37. The Morgan fingerprint density at radius 1 is 1.43 bits per heavy atom. The molecule has 0 spiro atoms. The molecule has 1 rings (SSSR count).